The molecule has 0 spiro atoms. The van der Waals surface area contributed by atoms with E-state index >= 15 is 0 Å². The molecule has 2 saturated heterocycles. The van der Waals surface area contributed by atoms with Gasteiger partial charge in [0.1, 0.15) is 5.75 Å². The summed E-state index contributed by atoms with van der Waals surface area (Å²) < 4.78 is 11.7. The van der Waals surface area contributed by atoms with Crippen molar-refractivity contribution in [2.45, 2.75) is 38.8 Å². The minimum Gasteiger partial charge on any atom is -0.492 e. The Morgan fingerprint density at radius 1 is 1.26 bits per heavy atom. The van der Waals surface area contributed by atoms with Crippen LogP contribution in [-0.2, 0) is 16.1 Å². The lowest BCUT2D eigenvalue weighted by molar-refractivity contribution is -0.128. The van der Waals surface area contributed by atoms with E-state index in [4.69, 9.17) is 9.47 Å². The van der Waals surface area contributed by atoms with E-state index in [9.17, 15) is 4.79 Å². The highest BCUT2D eigenvalue weighted by molar-refractivity contribution is 5.79. The first-order valence-electron chi connectivity index (χ1n) is 11.2. The highest BCUT2D eigenvalue weighted by atomic mass is 16.5. The summed E-state index contributed by atoms with van der Waals surface area (Å²) in [5, 5.41) is 3.13. The number of carbonyl (C=O) groups is 1. The van der Waals surface area contributed by atoms with Gasteiger partial charge in [-0.1, -0.05) is 0 Å². The molecule has 2 aliphatic heterocycles. The van der Waals surface area contributed by atoms with Crippen LogP contribution in [0.25, 0.3) is 0 Å². The van der Waals surface area contributed by atoms with E-state index in [2.05, 4.69) is 20.2 Å². The Hall–Kier alpha value is -2.51. The molecule has 0 aromatic carbocycles. The molecule has 2 aliphatic rings. The van der Waals surface area contributed by atoms with Crippen molar-refractivity contribution in [2.75, 3.05) is 32.8 Å². The quantitative estimate of drug-likeness (QED) is 0.702. The fourth-order valence-electron chi connectivity index (χ4n) is 4.41. The van der Waals surface area contributed by atoms with Gasteiger partial charge >= 0.3 is 0 Å². The van der Waals surface area contributed by atoms with Crippen LogP contribution >= 0.6 is 0 Å². The van der Waals surface area contributed by atoms with Gasteiger partial charge < -0.3 is 14.8 Å². The molecule has 2 aromatic rings. The lowest BCUT2D eigenvalue weighted by atomic mass is 9.88. The molecule has 7 nitrogen and oxygen atoms in total. The number of nitrogens with zero attached hydrogens (tertiary/aromatic N) is 3. The number of piperidine rings is 1. The molecular weight excluding hydrogens is 392 g/mol. The molecule has 31 heavy (non-hydrogen) atoms. The van der Waals surface area contributed by atoms with Gasteiger partial charge in [-0.15, -0.1) is 0 Å². The highest BCUT2D eigenvalue weighted by Crippen LogP contribution is 2.25. The zero-order chi connectivity index (χ0) is 21.5. The summed E-state index contributed by atoms with van der Waals surface area (Å²) in [4.78, 5) is 23.7. The normalized spacial score (nSPS) is 24.1. The number of hydrogen-bond donors (Lipinski definition) is 1. The lowest BCUT2D eigenvalue weighted by Crippen LogP contribution is -2.48. The Morgan fingerprint density at radius 3 is 2.87 bits per heavy atom. The van der Waals surface area contributed by atoms with Gasteiger partial charge in [-0.2, -0.15) is 0 Å². The van der Waals surface area contributed by atoms with Gasteiger partial charge in [-0.25, -0.2) is 0 Å². The Kier molecular flexibility index (Phi) is 7.48. The molecule has 1 amide bonds. The number of pyridine rings is 2. The molecule has 3 atom stereocenters. The summed E-state index contributed by atoms with van der Waals surface area (Å²) in [5.41, 5.74) is 2.18. The van der Waals surface area contributed by atoms with E-state index in [1.807, 2.05) is 43.6 Å². The fourth-order valence-corrected chi connectivity index (χ4v) is 4.41. The van der Waals surface area contributed by atoms with Crippen molar-refractivity contribution in [3.63, 3.8) is 0 Å². The van der Waals surface area contributed by atoms with Crippen molar-refractivity contribution in [3.8, 4) is 5.75 Å². The lowest BCUT2D eigenvalue weighted by Gasteiger charge is -2.37. The maximum atomic E-state index is 13.0. The molecule has 166 valence electrons. The molecule has 1 unspecified atom stereocenters. The van der Waals surface area contributed by atoms with Crippen LogP contribution in [0.5, 0.6) is 5.75 Å². The van der Waals surface area contributed by atoms with Crippen molar-refractivity contribution >= 4 is 5.91 Å². The Bertz CT molecular complexity index is 824. The number of amides is 1. The second-order valence-corrected chi connectivity index (χ2v) is 8.67. The second kappa shape index (κ2) is 10.7. The first kappa shape index (κ1) is 21.7. The molecule has 7 heteroatoms. The number of aromatic nitrogens is 2. The SMILES string of the molecule is Cc1ccc(OC[C@H]2C[C@@H](C(=O)NCC3CCCO3)CN(Cc3ccncc3)C2)cn1. The van der Waals surface area contributed by atoms with Gasteiger partial charge in [0, 0.05) is 56.8 Å². The van der Waals surface area contributed by atoms with Gasteiger partial charge in [0.2, 0.25) is 5.91 Å². The molecule has 1 N–H and O–H groups in total. The molecule has 0 saturated carbocycles. The predicted molar refractivity (Wildman–Crippen MR) is 118 cm³/mol. The second-order valence-electron chi connectivity index (χ2n) is 8.67. The van der Waals surface area contributed by atoms with Gasteiger partial charge in [0.25, 0.3) is 0 Å². The third-order valence-corrected chi connectivity index (χ3v) is 6.04. The average Bonchev–Trinajstić information content (AvgIpc) is 3.31. The van der Waals surface area contributed by atoms with E-state index in [0.29, 0.717) is 13.2 Å². The minimum atomic E-state index is -0.0540. The molecule has 4 heterocycles. The Balaban J connectivity index is 1.37. The van der Waals surface area contributed by atoms with E-state index in [1.54, 1.807) is 6.20 Å². The number of hydrogen-bond acceptors (Lipinski definition) is 6. The van der Waals surface area contributed by atoms with Crippen LogP contribution in [0.2, 0.25) is 0 Å². The van der Waals surface area contributed by atoms with Crippen LogP contribution in [0.4, 0.5) is 0 Å². The molecule has 0 aliphatic carbocycles. The largest absolute Gasteiger partial charge is 0.492 e. The van der Waals surface area contributed by atoms with E-state index < -0.39 is 0 Å². The minimum absolute atomic E-state index is 0.0540. The van der Waals surface area contributed by atoms with Crippen LogP contribution in [0.15, 0.2) is 42.9 Å². The first-order chi connectivity index (χ1) is 15.2. The van der Waals surface area contributed by atoms with Crippen molar-refractivity contribution < 1.29 is 14.3 Å². The van der Waals surface area contributed by atoms with Gasteiger partial charge in [0.15, 0.2) is 0 Å². The standard InChI is InChI=1S/C24H32N4O3/c1-18-4-5-23(12-26-18)31-17-20-11-21(24(29)27-13-22-3-2-10-30-22)16-28(15-20)14-19-6-8-25-9-7-19/h4-9,12,20-22H,2-3,10-11,13-17H2,1H3,(H,27,29)/t20-,21+,22?/m0/s1. The molecular formula is C24H32N4O3. The average molecular weight is 425 g/mol. The van der Waals surface area contributed by atoms with Crippen LogP contribution in [-0.4, -0.2) is 59.7 Å². The summed E-state index contributed by atoms with van der Waals surface area (Å²) in [5.74, 6) is 1.12. The van der Waals surface area contributed by atoms with Crippen molar-refractivity contribution in [3.05, 3.63) is 54.1 Å². The van der Waals surface area contributed by atoms with Crippen LogP contribution in [0, 0.1) is 18.8 Å². The smallest absolute Gasteiger partial charge is 0.224 e. The van der Waals surface area contributed by atoms with E-state index in [0.717, 1.165) is 56.9 Å². The number of carbonyl (C=O) groups excluding carboxylic acids is 1. The van der Waals surface area contributed by atoms with Gasteiger partial charge in [-0.05, 0) is 56.0 Å². The topological polar surface area (TPSA) is 76.6 Å². The molecule has 2 fully saturated rings. The summed E-state index contributed by atoms with van der Waals surface area (Å²) in [6.45, 7) is 6.40. The number of nitrogens with one attached hydrogen (secondary N) is 1. The van der Waals surface area contributed by atoms with Crippen molar-refractivity contribution in [2.24, 2.45) is 11.8 Å². The highest BCUT2D eigenvalue weighted by Gasteiger charge is 2.32. The molecule has 2 aromatic heterocycles. The fraction of sp³-hybridized carbons (Fsp3) is 0.542. The zero-order valence-corrected chi connectivity index (χ0v) is 18.2. The number of likely N-dealkylation sites (tertiary alicyclic amines) is 1. The molecule has 0 bridgehead atoms. The number of rotatable bonds is 8. The third kappa shape index (κ3) is 6.48. The summed E-state index contributed by atoms with van der Waals surface area (Å²) in [6.07, 6.45) is 8.49. The van der Waals surface area contributed by atoms with Crippen molar-refractivity contribution in [1.29, 1.82) is 0 Å². The third-order valence-electron chi connectivity index (χ3n) is 6.04. The molecule has 0 radical (unpaired) electrons. The van der Waals surface area contributed by atoms with Crippen LogP contribution < -0.4 is 10.1 Å². The van der Waals surface area contributed by atoms with Crippen LogP contribution in [0.3, 0.4) is 0 Å². The van der Waals surface area contributed by atoms with Gasteiger partial charge in [0.05, 0.1) is 24.8 Å². The van der Waals surface area contributed by atoms with Gasteiger partial charge in [-0.3, -0.25) is 19.7 Å². The van der Waals surface area contributed by atoms with Crippen molar-refractivity contribution in [1.82, 2.24) is 20.2 Å². The Labute approximate surface area is 184 Å². The predicted octanol–water partition coefficient (Wildman–Crippen LogP) is 2.60. The monoisotopic (exact) mass is 424 g/mol. The summed E-state index contributed by atoms with van der Waals surface area (Å²) in [6, 6.07) is 7.97. The first-order valence-corrected chi connectivity index (χ1v) is 11.2. The maximum absolute atomic E-state index is 13.0. The summed E-state index contributed by atoms with van der Waals surface area (Å²) >= 11 is 0. The van der Waals surface area contributed by atoms with E-state index in [1.165, 1.54) is 5.56 Å². The zero-order valence-electron chi connectivity index (χ0n) is 18.2. The van der Waals surface area contributed by atoms with Crippen LogP contribution in [0.1, 0.15) is 30.5 Å². The van der Waals surface area contributed by atoms with E-state index in [-0.39, 0.29) is 23.8 Å². The summed E-state index contributed by atoms with van der Waals surface area (Å²) in [7, 11) is 0. The Morgan fingerprint density at radius 2 is 2.13 bits per heavy atom. The molecule has 4 rings (SSSR count). The maximum Gasteiger partial charge on any atom is 0.224 e. The number of ether oxygens (including phenoxy) is 2. The number of aryl methyl sites for hydroxylation is 1.